The zero-order valence-electron chi connectivity index (χ0n) is 19.6. The van der Waals surface area contributed by atoms with Crippen LogP contribution in [0.25, 0.3) is 10.9 Å². The summed E-state index contributed by atoms with van der Waals surface area (Å²) in [5, 5.41) is 6.89. The topological polar surface area (TPSA) is 86.7 Å². The summed E-state index contributed by atoms with van der Waals surface area (Å²) in [6, 6.07) is 7.46. The molecule has 0 radical (unpaired) electrons. The molecule has 8 nitrogen and oxygen atoms in total. The number of rotatable bonds is 7. The maximum atomic E-state index is 12.5. The molecule has 174 valence electrons. The average Bonchev–Trinajstić information content (AvgIpc) is 3.16. The van der Waals surface area contributed by atoms with E-state index in [0.29, 0.717) is 38.4 Å². The van der Waals surface area contributed by atoms with Crippen molar-refractivity contribution >= 4 is 34.4 Å². The molecule has 0 aliphatic carbocycles. The summed E-state index contributed by atoms with van der Waals surface area (Å²) < 4.78 is 1.94. The number of hydrogen-bond donors (Lipinski definition) is 2. The van der Waals surface area contributed by atoms with Crippen molar-refractivity contribution in [1.29, 1.82) is 0 Å². The molecule has 1 fully saturated rings. The molecule has 4 amide bonds. The second-order valence-corrected chi connectivity index (χ2v) is 8.64. The van der Waals surface area contributed by atoms with Crippen LogP contribution in [0.3, 0.4) is 0 Å². The van der Waals surface area contributed by atoms with E-state index in [-0.39, 0.29) is 29.8 Å². The Morgan fingerprint density at radius 2 is 1.78 bits per heavy atom. The highest BCUT2D eigenvalue weighted by Gasteiger charge is 2.25. The summed E-state index contributed by atoms with van der Waals surface area (Å²) in [6.07, 6.45) is 3.42. The van der Waals surface area contributed by atoms with E-state index in [9.17, 15) is 14.4 Å². The first-order valence-electron chi connectivity index (χ1n) is 11.5. The van der Waals surface area contributed by atoms with Crippen molar-refractivity contribution in [3.8, 4) is 0 Å². The van der Waals surface area contributed by atoms with Crippen LogP contribution >= 0.6 is 0 Å². The third-order valence-corrected chi connectivity index (χ3v) is 6.09. The zero-order valence-corrected chi connectivity index (χ0v) is 19.6. The van der Waals surface area contributed by atoms with Gasteiger partial charge in [-0.2, -0.15) is 0 Å². The van der Waals surface area contributed by atoms with Gasteiger partial charge in [0.1, 0.15) is 6.54 Å². The largest absolute Gasteiger partial charge is 0.342 e. The van der Waals surface area contributed by atoms with Crippen LogP contribution in [0.1, 0.15) is 40.5 Å². The van der Waals surface area contributed by atoms with Crippen molar-refractivity contribution in [3.63, 3.8) is 0 Å². The molecule has 1 saturated heterocycles. The van der Waals surface area contributed by atoms with Crippen molar-refractivity contribution in [1.82, 2.24) is 19.7 Å². The summed E-state index contributed by atoms with van der Waals surface area (Å²) in [6.45, 7) is 10.8. The fourth-order valence-corrected chi connectivity index (χ4v) is 4.20. The molecule has 1 aliphatic heterocycles. The Morgan fingerprint density at radius 3 is 2.41 bits per heavy atom. The van der Waals surface area contributed by atoms with E-state index in [0.717, 1.165) is 23.7 Å². The number of urea groups is 1. The minimum Gasteiger partial charge on any atom is -0.342 e. The number of nitrogens with one attached hydrogen (secondary N) is 2. The summed E-state index contributed by atoms with van der Waals surface area (Å²) >= 11 is 0. The van der Waals surface area contributed by atoms with Crippen LogP contribution in [-0.4, -0.2) is 64.4 Å². The van der Waals surface area contributed by atoms with Gasteiger partial charge in [-0.15, -0.1) is 0 Å². The number of nitrogens with zero attached hydrogens (tertiary/aromatic N) is 3. The number of carbonyl (C=O) groups is 3. The third-order valence-electron chi connectivity index (χ3n) is 6.09. The fraction of sp³-hybridized carbons (Fsp3) is 0.542. The number of benzene rings is 1. The van der Waals surface area contributed by atoms with Crippen molar-refractivity contribution in [2.75, 3.05) is 31.5 Å². The monoisotopic (exact) mass is 441 g/mol. The summed E-state index contributed by atoms with van der Waals surface area (Å²) in [5.41, 5.74) is 1.66. The van der Waals surface area contributed by atoms with Crippen LogP contribution in [0.15, 0.2) is 30.5 Å². The number of hydrogen-bond acceptors (Lipinski definition) is 3. The number of likely N-dealkylation sites (N-methyl/N-ethyl adjacent to an activating group) is 1. The van der Waals surface area contributed by atoms with Gasteiger partial charge in [-0.3, -0.25) is 9.59 Å². The molecule has 1 aromatic carbocycles. The van der Waals surface area contributed by atoms with E-state index in [1.807, 2.05) is 72.5 Å². The second kappa shape index (κ2) is 10.5. The van der Waals surface area contributed by atoms with Gasteiger partial charge >= 0.3 is 6.03 Å². The summed E-state index contributed by atoms with van der Waals surface area (Å²) in [5.74, 6) is 0.269. The SMILES string of the molecule is CCN(CC)C(=O)Cn1ccc2cc(NC(=O)NC3CCN(C(=O)C(C)C)CC3)ccc21. The Hall–Kier alpha value is -3.03. The minimum absolute atomic E-state index is 0.00272. The molecule has 8 heteroatoms. The molecule has 1 aliphatic rings. The van der Waals surface area contributed by atoms with Gasteiger partial charge in [0.2, 0.25) is 11.8 Å². The molecule has 0 saturated carbocycles. The molecule has 2 N–H and O–H groups in total. The van der Waals surface area contributed by atoms with Crippen molar-refractivity contribution in [2.45, 2.75) is 53.1 Å². The Kier molecular flexibility index (Phi) is 7.77. The lowest BCUT2D eigenvalue weighted by molar-refractivity contribution is -0.135. The Morgan fingerprint density at radius 1 is 1.09 bits per heavy atom. The van der Waals surface area contributed by atoms with Crippen LogP contribution in [0.4, 0.5) is 10.5 Å². The molecule has 0 unspecified atom stereocenters. The lowest BCUT2D eigenvalue weighted by Crippen LogP contribution is -2.48. The highest BCUT2D eigenvalue weighted by Crippen LogP contribution is 2.21. The Labute approximate surface area is 189 Å². The van der Waals surface area contributed by atoms with Crippen LogP contribution in [0.5, 0.6) is 0 Å². The first kappa shape index (κ1) is 23.6. The summed E-state index contributed by atoms with van der Waals surface area (Å²) in [7, 11) is 0. The average molecular weight is 442 g/mol. The van der Waals surface area contributed by atoms with Gasteiger partial charge in [-0.05, 0) is 51.0 Å². The molecule has 2 heterocycles. The van der Waals surface area contributed by atoms with Gasteiger partial charge in [-0.25, -0.2) is 4.79 Å². The maximum absolute atomic E-state index is 12.5. The molecule has 0 atom stereocenters. The highest BCUT2D eigenvalue weighted by molar-refractivity contribution is 5.93. The number of fused-ring (bicyclic) bond motifs is 1. The Bertz CT molecular complexity index is 956. The number of piperidine rings is 1. The quantitative estimate of drug-likeness (QED) is 0.691. The number of amides is 4. The fourth-order valence-electron chi connectivity index (χ4n) is 4.20. The van der Waals surface area contributed by atoms with Gasteiger partial charge in [0, 0.05) is 60.9 Å². The zero-order chi connectivity index (χ0) is 23.3. The maximum Gasteiger partial charge on any atom is 0.319 e. The molecule has 32 heavy (non-hydrogen) atoms. The molecular formula is C24H35N5O3. The Balaban J connectivity index is 1.55. The van der Waals surface area contributed by atoms with E-state index in [2.05, 4.69) is 10.6 Å². The van der Waals surface area contributed by atoms with Crippen LogP contribution in [-0.2, 0) is 16.1 Å². The number of likely N-dealkylation sites (tertiary alicyclic amines) is 1. The molecule has 1 aromatic heterocycles. The van der Waals surface area contributed by atoms with E-state index < -0.39 is 0 Å². The standard InChI is InChI=1S/C24H35N5O3/c1-5-27(6-2)22(30)16-29-12-9-18-15-20(7-8-21(18)29)26-24(32)25-19-10-13-28(14-11-19)23(31)17(3)4/h7-9,12,15,17,19H,5-6,10-11,13-14,16H2,1-4H3,(H2,25,26,32). The van der Waals surface area contributed by atoms with Crippen molar-refractivity contribution in [2.24, 2.45) is 5.92 Å². The van der Waals surface area contributed by atoms with E-state index in [1.54, 1.807) is 0 Å². The second-order valence-electron chi connectivity index (χ2n) is 8.64. The number of aromatic nitrogens is 1. The lowest BCUT2D eigenvalue weighted by atomic mass is 10.0. The molecule has 3 rings (SSSR count). The third kappa shape index (κ3) is 5.60. The van der Waals surface area contributed by atoms with Crippen molar-refractivity contribution in [3.05, 3.63) is 30.5 Å². The van der Waals surface area contributed by atoms with Crippen LogP contribution in [0.2, 0.25) is 0 Å². The first-order valence-corrected chi connectivity index (χ1v) is 11.5. The van der Waals surface area contributed by atoms with Crippen LogP contribution in [0, 0.1) is 5.92 Å². The molecule has 2 aromatic rings. The first-order chi connectivity index (χ1) is 15.3. The van der Waals surface area contributed by atoms with E-state index >= 15 is 0 Å². The predicted octanol–water partition coefficient (Wildman–Crippen LogP) is 3.28. The molecule has 0 spiro atoms. The van der Waals surface area contributed by atoms with Crippen molar-refractivity contribution < 1.29 is 14.4 Å². The minimum atomic E-state index is -0.242. The highest BCUT2D eigenvalue weighted by atomic mass is 16.2. The lowest BCUT2D eigenvalue weighted by Gasteiger charge is -2.33. The van der Waals surface area contributed by atoms with Gasteiger partial charge in [0.05, 0.1) is 0 Å². The van der Waals surface area contributed by atoms with Crippen LogP contribution < -0.4 is 10.6 Å². The normalized spacial score (nSPS) is 14.6. The number of anilines is 1. The van der Waals surface area contributed by atoms with E-state index in [4.69, 9.17) is 0 Å². The molecule has 0 bridgehead atoms. The predicted molar refractivity (Wildman–Crippen MR) is 126 cm³/mol. The smallest absolute Gasteiger partial charge is 0.319 e. The number of carbonyl (C=O) groups excluding carboxylic acids is 3. The van der Waals surface area contributed by atoms with Gasteiger partial charge in [-0.1, -0.05) is 13.8 Å². The van der Waals surface area contributed by atoms with Gasteiger partial charge in [0.25, 0.3) is 0 Å². The summed E-state index contributed by atoms with van der Waals surface area (Å²) in [4.78, 5) is 40.7. The van der Waals surface area contributed by atoms with E-state index in [1.165, 1.54) is 0 Å². The van der Waals surface area contributed by atoms with Gasteiger partial charge < -0.3 is 25.0 Å². The van der Waals surface area contributed by atoms with Gasteiger partial charge in [0.15, 0.2) is 0 Å². The molecular weight excluding hydrogens is 406 g/mol.